The molecule has 1 fully saturated rings. The Bertz CT molecular complexity index is 1360. The molecule has 1 aliphatic heterocycles. The van der Waals surface area contributed by atoms with Crippen molar-refractivity contribution < 1.29 is 22.7 Å². The number of amides is 1. The fourth-order valence-corrected chi connectivity index (χ4v) is 6.67. The van der Waals surface area contributed by atoms with Gasteiger partial charge in [0.25, 0.3) is 0 Å². The van der Waals surface area contributed by atoms with E-state index in [1.165, 1.54) is 29.9 Å². The number of thiazole rings is 1. The molecule has 0 radical (unpaired) electrons. The predicted molar refractivity (Wildman–Crippen MR) is 141 cm³/mol. The quantitative estimate of drug-likeness (QED) is 0.449. The lowest BCUT2D eigenvalue weighted by molar-refractivity contribution is -0.120. The van der Waals surface area contributed by atoms with E-state index in [1.54, 1.807) is 24.3 Å². The Morgan fingerprint density at radius 2 is 1.89 bits per heavy atom. The molecule has 0 saturated carbocycles. The minimum Gasteiger partial charge on any atom is -0.495 e. The van der Waals surface area contributed by atoms with Crippen LogP contribution in [0.25, 0.3) is 11.3 Å². The highest BCUT2D eigenvalue weighted by Gasteiger charge is 2.35. The molecule has 3 aromatic rings. The third-order valence-electron chi connectivity index (χ3n) is 6.16. The molecule has 0 bridgehead atoms. The second kappa shape index (κ2) is 10.9. The fourth-order valence-electron chi connectivity index (χ4n) is 4.22. The monoisotopic (exact) mass is 530 g/mol. The summed E-state index contributed by atoms with van der Waals surface area (Å²) in [5.41, 5.74) is 2.95. The molecule has 1 aliphatic rings. The molecule has 9 nitrogen and oxygen atoms in total. The molecule has 0 aliphatic carbocycles. The molecule has 1 atom stereocenters. The Labute approximate surface area is 215 Å². The van der Waals surface area contributed by atoms with Crippen LogP contribution in [0.15, 0.2) is 46.7 Å². The first kappa shape index (κ1) is 25.9. The zero-order chi connectivity index (χ0) is 25.9. The van der Waals surface area contributed by atoms with Gasteiger partial charge in [-0.2, -0.15) is 4.31 Å². The van der Waals surface area contributed by atoms with Crippen molar-refractivity contribution in [1.82, 2.24) is 9.29 Å². The van der Waals surface area contributed by atoms with Crippen LogP contribution < -0.4 is 20.1 Å². The van der Waals surface area contributed by atoms with E-state index in [4.69, 9.17) is 9.47 Å². The van der Waals surface area contributed by atoms with Gasteiger partial charge in [-0.15, -0.1) is 11.3 Å². The third-order valence-corrected chi connectivity index (χ3v) is 8.91. The van der Waals surface area contributed by atoms with Gasteiger partial charge in [0.15, 0.2) is 5.13 Å². The summed E-state index contributed by atoms with van der Waals surface area (Å²) in [6.07, 6.45) is 1.16. The number of sulfonamides is 1. The normalized spacial score (nSPS) is 16.4. The van der Waals surface area contributed by atoms with E-state index in [1.807, 2.05) is 31.5 Å². The Balaban J connectivity index is 1.54. The summed E-state index contributed by atoms with van der Waals surface area (Å²) in [6, 6.07) is 10.5. The van der Waals surface area contributed by atoms with Crippen molar-refractivity contribution in [2.45, 2.75) is 24.7 Å². The predicted octanol–water partition coefficient (Wildman–Crippen LogP) is 4.22. The van der Waals surface area contributed by atoms with Gasteiger partial charge in [0.2, 0.25) is 15.9 Å². The van der Waals surface area contributed by atoms with E-state index in [2.05, 4.69) is 15.6 Å². The summed E-state index contributed by atoms with van der Waals surface area (Å²) in [7, 11) is 0.964. The van der Waals surface area contributed by atoms with E-state index < -0.39 is 15.9 Å². The SMILES string of the molecule is CNc1nc(-c2ccc(OC)c(NC(=O)[C@H]3CCCN(S(=O)(=O)c4cc(C)ccc4OC)C3)c2)cs1. The molecule has 4 rings (SSSR count). The summed E-state index contributed by atoms with van der Waals surface area (Å²) in [4.78, 5) is 17.9. The third kappa shape index (κ3) is 5.32. The Morgan fingerprint density at radius 3 is 2.58 bits per heavy atom. The molecule has 1 amide bonds. The number of methoxy groups -OCH3 is 2. The molecule has 36 heavy (non-hydrogen) atoms. The molecule has 2 aromatic carbocycles. The number of nitrogens with one attached hydrogen (secondary N) is 2. The number of carbonyl (C=O) groups is 1. The van der Waals surface area contributed by atoms with Gasteiger partial charge in [0.1, 0.15) is 16.4 Å². The van der Waals surface area contributed by atoms with Crippen molar-refractivity contribution in [3.8, 4) is 22.8 Å². The highest BCUT2D eigenvalue weighted by atomic mass is 32.2. The van der Waals surface area contributed by atoms with Gasteiger partial charge in [0.05, 0.1) is 31.5 Å². The average molecular weight is 531 g/mol. The number of anilines is 2. The van der Waals surface area contributed by atoms with Crippen LogP contribution in [0.1, 0.15) is 18.4 Å². The second-order valence-electron chi connectivity index (χ2n) is 8.55. The summed E-state index contributed by atoms with van der Waals surface area (Å²) in [5, 5.41) is 8.70. The van der Waals surface area contributed by atoms with Crippen LogP contribution in [0.5, 0.6) is 11.5 Å². The van der Waals surface area contributed by atoms with E-state index >= 15 is 0 Å². The Morgan fingerprint density at radius 1 is 1.14 bits per heavy atom. The number of nitrogens with zero attached hydrogens (tertiary/aromatic N) is 2. The zero-order valence-corrected chi connectivity index (χ0v) is 22.3. The summed E-state index contributed by atoms with van der Waals surface area (Å²) < 4.78 is 39.1. The van der Waals surface area contributed by atoms with Crippen molar-refractivity contribution in [3.63, 3.8) is 0 Å². The van der Waals surface area contributed by atoms with Gasteiger partial charge >= 0.3 is 0 Å². The number of rotatable bonds is 8. The number of benzene rings is 2. The number of aromatic nitrogens is 1. The number of hydrogen-bond acceptors (Lipinski definition) is 8. The van der Waals surface area contributed by atoms with Gasteiger partial charge in [0, 0.05) is 31.1 Å². The molecular formula is C25H30N4O5S2. The molecule has 192 valence electrons. The number of hydrogen-bond donors (Lipinski definition) is 2. The van der Waals surface area contributed by atoms with E-state index in [-0.39, 0.29) is 23.1 Å². The zero-order valence-electron chi connectivity index (χ0n) is 20.7. The molecular weight excluding hydrogens is 500 g/mol. The van der Waals surface area contributed by atoms with Crippen LogP contribution in [-0.2, 0) is 14.8 Å². The first-order valence-corrected chi connectivity index (χ1v) is 13.9. The molecule has 0 unspecified atom stereocenters. The first-order valence-electron chi connectivity index (χ1n) is 11.5. The standard InChI is InChI=1S/C25H30N4O5S2/c1-16-7-9-22(34-4)23(12-16)36(31,32)29-11-5-6-18(14-29)24(30)27-19-13-17(8-10-21(19)33-3)20-15-35-25(26-2)28-20/h7-10,12-13,15,18H,5-6,11,14H2,1-4H3,(H,26,28)(H,27,30)/t18-/m0/s1. The van der Waals surface area contributed by atoms with Crippen molar-refractivity contribution in [3.05, 3.63) is 47.3 Å². The van der Waals surface area contributed by atoms with E-state index in [9.17, 15) is 13.2 Å². The number of piperidine rings is 1. The van der Waals surface area contributed by atoms with Crippen molar-refractivity contribution in [2.75, 3.05) is 45.0 Å². The summed E-state index contributed by atoms with van der Waals surface area (Å²) >= 11 is 1.49. The highest BCUT2D eigenvalue weighted by molar-refractivity contribution is 7.89. The van der Waals surface area contributed by atoms with Crippen LogP contribution in [-0.4, -0.2) is 58.0 Å². The summed E-state index contributed by atoms with van der Waals surface area (Å²) in [6.45, 7) is 2.27. The topological polar surface area (TPSA) is 110 Å². The largest absolute Gasteiger partial charge is 0.495 e. The molecule has 11 heteroatoms. The van der Waals surface area contributed by atoms with Gasteiger partial charge in [-0.05, 0) is 55.7 Å². The van der Waals surface area contributed by atoms with E-state index in [0.29, 0.717) is 30.8 Å². The van der Waals surface area contributed by atoms with E-state index in [0.717, 1.165) is 22.0 Å². The van der Waals surface area contributed by atoms with Gasteiger partial charge < -0.3 is 20.1 Å². The van der Waals surface area contributed by atoms with Crippen LogP contribution in [0, 0.1) is 12.8 Å². The molecule has 1 aromatic heterocycles. The Hall–Kier alpha value is -3.15. The number of carbonyl (C=O) groups excluding carboxylic acids is 1. The van der Waals surface area contributed by atoms with Gasteiger partial charge in [-0.3, -0.25) is 4.79 Å². The maximum Gasteiger partial charge on any atom is 0.246 e. The van der Waals surface area contributed by atoms with Gasteiger partial charge in [-0.25, -0.2) is 13.4 Å². The summed E-state index contributed by atoms with van der Waals surface area (Å²) in [5.74, 6) is 0.0433. The van der Waals surface area contributed by atoms with Crippen LogP contribution in [0.4, 0.5) is 10.8 Å². The molecule has 1 saturated heterocycles. The second-order valence-corrected chi connectivity index (χ2v) is 11.3. The van der Waals surface area contributed by atoms with Crippen molar-refractivity contribution in [2.24, 2.45) is 5.92 Å². The number of aryl methyl sites for hydroxylation is 1. The molecule has 0 spiro atoms. The number of ether oxygens (including phenoxy) is 2. The average Bonchev–Trinajstić information content (AvgIpc) is 3.38. The van der Waals surface area contributed by atoms with Gasteiger partial charge in [-0.1, -0.05) is 6.07 Å². The fraction of sp³-hybridized carbons (Fsp3) is 0.360. The van der Waals surface area contributed by atoms with Crippen molar-refractivity contribution in [1.29, 1.82) is 0 Å². The Kier molecular flexibility index (Phi) is 7.82. The lowest BCUT2D eigenvalue weighted by Crippen LogP contribution is -2.43. The van der Waals surface area contributed by atoms with Crippen LogP contribution in [0.3, 0.4) is 0 Å². The lowest BCUT2D eigenvalue weighted by Gasteiger charge is -2.31. The highest BCUT2D eigenvalue weighted by Crippen LogP contribution is 2.34. The van der Waals surface area contributed by atoms with Crippen LogP contribution in [0.2, 0.25) is 0 Å². The minimum atomic E-state index is -3.83. The first-order chi connectivity index (χ1) is 17.3. The smallest absolute Gasteiger partial charge is 0.246 e. The van der Waals surface area contributed by atoms with Crippen molar-refractivity contribution >= 4 is 38.1 Å². The molecule has 2 N–H and O–H groups in total. The maximum atomic E-state index is 13.5. The lowest BCUT2D eigenvalue weighted by atomic mass is 9.98. The minimum absolute atomic E-state index is 0.0882. The maximum absolute atomic E-state index is 13.5. The molecule has 2 heterocycles. The van der Waals surface area contributed by atoms with Crippen LogP contribution >= 0.6 is 11.3 Å².